The van der Waals surface area contributed by atoms with Gasteiger partial charge in [-0.3, -0.25) is 4.79 Å². The second-order valence-corrected chi connectivity index (χ2v) is 7.31. The van der Waals surface area contributed by atoms with Crippen molar-refractivity contribution in [3.8, 4) is 0 Å². The molecule has 0 saturated carbocycles. The number of aromatic carboxylic acids is 1. The van der Waals surface area contributed by atoms with E-state index in [1.54, 1.807) is 12.1 Å². The molecule has 0 unspecified atom stereocenters. The zero-order valence-corrected chi connectivity index (χ0v) is 14.5. The maximum absolute atomic E-state index is 11.8. The molecule has 0 spiro atoms. The van der Waals surface area contributed by atoms with E-state index in [2.05, 4.69) is 37.2 Å². The zero-order chi connectivity index (χ0) is 15.4. The van der Waals surface area contributed by atoms with Crippen molar-refractivity contribution in [1.82, 2.24) is 0 Å². The van der Waals surface area contributed by atoms with Gasteiger partial charge in [0.05, 0.1) is 15.0 Å². The van der Waals surface area contributed by atoms with Crippen LogP contribution in [0.5, 0.6) is 0 Å². The van der Waals surface area contributed by atoms with E-state index in [1.165, 1.54) is 29.5 Å². The van der Waals surface area contributed by atoms with Crippen LogP contribution in [0.25, 0.3) is 6.08 Å². The molecule has 0 aliphatic rings. The normalized spacial score (nSPS) is 10.8. The second kappa shape index (κ2) is 7.02. The van der Waals surface area contributed by atoms with Crippen LogP contribution in [0.2, 0.25) is 0 Å². The van der Waals surface area contributed by atoms with E-state index in [4.69, 9.17) is 5.11 Å². The van der Waals surface area contributed by atoms with Crippen molar-refractivity contribution in [2.45, 2.75) is 0 Å². The van der Waals surface area contributed by atoms with Gasteiger partial charge >= 0.3 is 5.97 Å². The summed E-state index contributed by atoms with van der Waals surface area (Å²) in [4.78, 5) is 23.6. The summed E-state index contributed by atoms with van der Waals surface area (Å²) >= 11 is 8.11. The molecule has 4 nitrogen and oxygen atoms in total. The summed E-state index contributed by atoms with van der Waals surface area (Å²) in [7, 11) is 0. The van der Waals surface area contributed by atoms with E-state index in [0.717, 1.165) is 8.66 Å². The number of thiophene rings is 1. The standard InChI is InChI=1S/C14H9Br2NO3S/c15-10-7-8(14(19)20)1-4-11(10)17-13(18)6-3-9-2-5-12(16)21-9/h1-7H,(H,17,18)(H,19,20). The molecule has 1 aromatic heterocycles. The molecule has 2 N–H and O–H groups in total. The van der Waals surface area contributed by atoms with Crippen molar-refractivity contribution in [3.63, 3.8) is 0 Å². The number of hydrogen-bond acceptors (Lipinski definition) is 3. The molecule has 21 heavy (non-hydrogen) atoms. The van der Waals surface area contributed by atoms with Gasteiger partial charge in [-0.15, -0.1) is 11.3 Å². The van der Waals surface area contributed by atoms with Crippen LogP contribution in [0.4, 0.5) is 5.69 Å². The Balaban J connectivity index is 2.06. The number of carboxylic acids is 1. The van der Waals surface area contributed by atoms with E-state index in [0.29, 0.717) is 10.2 Å². The Morgan fingerprint density at radius 1 is 1.19 bits per heavy atom. The first-order chi connectivity index (χ1) is 9.95. The topological polar surface area (TPSA) is 66.4 Å². The third-order valence-corrected chi connectivity index (χ3v) is 4.71. The quantitative estimate of drug-likeness (QED) is 0.695. The van der Waals surface area contributed by atoms with Crippen molar-refractivity contribution < 1.29 is 14.7 Å². The number of carboxylic acid groups (broad SMARTS) is 1. The van der Waals surface area contributed by atoms with E-state index in [9.17, 15) is 9.59 Å². The maximum Gasteiger partial charge on any atom is 0.335 e. The second-order valence-electron chi connectivity index (χ2n) is 3.96. The maximum atomic E-state index is 11.8. The fourth-order valence-electron chi connectivity index (χ4n) is 1.50. The van der Waals surface area contributed by atoms with Crippen molar-refractivity contribution in [1.29, 1.82) is 0 Å². The van der Waals surface area contributed by atoms with Crippen LogP contribution in [0.15, 0.2) is 44.7 Å². The van der Waals surface area contributed by atoms with Crippen molar-refractivity contribution >= 4 is 66.8 Å². The van der Waals surface area contributed by atoms with E-state index < -0.39 is 5.97 Å². The summed E-state index contributed by atoms with van der Waals surface area (Å²) in [6.07, 6.45) is 3.14. The SMILES string of the molecule is O=C(C=Cc1ccc(Br)s1)Nc1ccc(C(=O)O)cc1Br. The molecule has 0 fully saturated rings. The number of anilines is 1. The van der Waals surface area contributed by atoms with Crippen LogP contribution < -0.4 is 5.32 Å². The number of hydrogen-bond donors (Lipinski definition) is 2. The monoisotopic (exact) mass is 429 g/mol. The summed E-state index contributed by atoms with van der Waals surface area (Å²) in [5, 5.41) is 11.6. The third-order valence-electron chi connectivity index (χ3n) is 2.47. The van der Waals surface area contributed by atoms with Crippen LogP contribution in [0.3, 0.4) is 0 Å². The summed E-state index contributed by atoms with van der Waals surface area (Å²) in [5.41, 5.74) is 0.667. The van der Waals surface area contributed by atoms with Gasteiger partial charge in [0.25, 0.3) is 0 Å². The van der Waals surface area contributed by atoms with Crippen LogP contribution in [-0.4, -0.2) is 17.0 Å². The molecule has 2 aromatic rings. The predicted molar refractivity (Wildman–Crippen MR) is 90.8 cm³/mol. The number of carbonyl (C=O) groups is 2. The average Bonchev–Trinajstić information content (AvgIpc) is 2.84. The van der Waals surface area contributed by atoms with Crippen molar-refractivity contribution in [2.24, 2.45) is 0 Å². The van der Waals surface area contributed by atoms with Crippen LogP contribution >= 0.6 is 43.2 Å². The largest absolute Gasteiger partial charge is 0.478 e. The lowest BCUT2D eigenvalue weighted by atomic mass is 10.2. The predicted octanol–water partition coefficient (Wildman–Crippen LogP) is 4.62. The first-order valence-electron chi connectivity index (χ1n) is 5.73. The van der Waals surface area contributed by atoms with Gasteiger partial charge in [-0.1, -0.05) is 0 Å². The van der Waals surface area contributed by atoms with Crippen molar-refractivity contribution in [3.05, 3.63) is 55.1 Å². The van der Waals surface area contributed by atoms with Gasteiger partial charge in [-0.05, 0) is 68.3 Å². The Bertz CT molecular complexity index is 725. The minimum atomic E-state index is -1.02. The molecule has 0 saturated heterocycles. The highest BCUT2D eigenvalue weighted by Gasteiger charge is 2.08. The molecular weight excluding hydrogens is 422 g/mol. The minimum absolute atomic E-state index is 0.152. The molecule has 1 aromatic carbocycles. The molecule has 0 atom stereocenters. The van der Waals surface area contributed by atoms with Gasteiger partial charge < -0.3 is 10.4 Å². The Morgan fingerprint density at radius 2 is 1.95 bits per heavy atom. The van der Waals surface area contributed by atoms with E-state index >= 15 is 0 Å². The molecule has 1 amide bonds. The molecule has 2 rings (SSSR count). The van der Waals surface area contributed by atoms with Gasteiger partial charge in [0.15, 0.2) is 0 Å². The number of rotatable bonds is 4. The molecule has 0 radical (unpaired) electrons. The highest BCUT2D eigenvalue weighted by atomic mass is 79.9. The molecule has 0 bridgehead atoms. The Morgan fingerprint density at radius 3 is 2.52 bits per heavy atom. The van der Waals surface area contributed by atoms with E-state index in [1.807, 2.05) is 12.1 Å². The zero-order valence-electron chi connectivity index (χ0n) is 10.5. The Hall–Kier alpha value is -1.44. The Kier molecular flexibility index (Phi) is 5.33. The summed E-state index contributed by atoms with van der Waals surface area (Å²) in [5.74, 6) is -1.31. The highest BCUT2D eigenvalue weighted by Crippen LogP contribution is 2.25. The number of amides is 1. The molecular formula is C14H9Br2NO3S. The molecule has 0 aliphatic carbocycles. The van der Waals surface area contributed by atoms with Gasteiger partial charge in [-0.25, -0.2) is 4.79 Å². The molecule has 7 heteroatoms. The van der Waals surface area contributed by atoms with Crippen LogP contribution in [0, 0.1) is 0 Å². The molecule has 108 valence electrons. The lowest BCUT2D eigenvalue weighted by Gasteiger charge is -2.05. The Labute approximate surface area is 141 Å². The van der Waals surface area contributed by atoms with Gasteiger partial charge in [0.1, 0.15) is 0 Å². The minimum Gasteiger partial charge on any atom is -0.478 e. The number of halogens is 2. The van der Waals surface area contributed by atoms with Gasteiger partial charge in [0.2, 0.25) is 5.91 Å². The lowest BCUT2D eigenvalue weighted by molar-refractivity contribution is -0.111. The number of nitrogens with one attached hydrogen (secondary N) is 1. The van der Waals surface area contributed by atoms with E-state index in [-0.39, 0.29) is 11.5 Å². The van der Waals surface area contributed by atoms with Gasteiger partial charge in [0, 0.05) is 15.4 Å². The average molecular weight is 431 g/mol. The molecule has 0 aliphatic heterocycles. The third kappa shape index (κ3) is 4.52. The summed E-state index contributed by atoms with van der Waals surface area (Å²) in [6.45, 7) is 0. The first kappa shape index (κ1) is 15.9. The highest BCUT2D eigenvalue weighted by molar-refractivity contribution is 9.11. The van der Waals surface area contributed by atoms with Gasteiger partial charge in [-0.2, -0.15) is 0 Å². The van der Waals surface area contributed by atoms with Crippen LogP contribution in [0.1, 0.15) is 15.2 Å². The smallest absolute Gasteiger partial charge is 0.335 e. The fourth-order valence-corrected chi connectivity index (χ4v) is 3.30. The lowest BCUT2D eigenvalue weighted by Crippen LogP contribution is -2.08. The number of benzene rings is 1. The molecule has 1 heterocycles. The summed E-state index contributed by atoms with van der Waals surface area (Å²) < 4.78 is 1.51. The number of carbonyl (C=O) groups excluding carboxylic acids is 1. The fraction of sp³-hybridized carbons (Fsp3) is 0. The van der Waals surface area contributed by atoms with Crippen LogP contribution in [-0.2, 0) is 4.79 Å². The summed E-state index contributed by atoms with van der Waals surface area (Å²) in [6, 6.07) is 8.22. The first-order valence-corrected chi connectivity index (χ1v) is 8.13. The van der Waals surface area contributed by atoms with Crippen molar-refractivity contribution in [2.75, 3.05) is 5.32 Å².